The van der Waals surface area contributed by atoms with Crippen LogP contribution in [0.3, 0.4) is 0 Å². The van der Waals surface area contributed by atoms with Gasteiger partial charge in [0.1, 0.15) is 0 Å². The molecule has 0 saturated carbocycles. The van der Waals surface area contributed by atoms with Crippen LogP contribution >= 0.6 is 49.9 Å². The molecule has 124 valence electrons. The van der Waals surface area contributed by atoms with Crippen LogP contribution in [-0.4, -0.2) is 0 Å². The number of hydrogen-bond acceptors (Lipinski definition) is 3. The Morgan fingerprint density at radius 2 is 1.61 bits per heavy atom. The fourth-order valence-electron chi connectivity index (χ4n) is 2.14. The molecule has 0 atom stereocenters. The molecular weight excluding hydrogens is 404 g/mol. The summed E-state index contributed by atoms with van der Waals surface area (Å²) in [5.41, 5.74) is 0. The second kappa shape index (κ2) is 8.61. The van der Waals surface area contributed by atoms with Gasteiger partial charge in [0.2, 0.25) is 0 Å². The van der Waals surface area contributed by atoms with Crippen molar-refractivity contribution >= 4 is 49.9 Å². The quantitative estimate of drug-likeness (QED) is 0.391. The number of aryl methyl sites for hydroxylation is 1. The van der Waals surface area contributed by atoms with E-state index in [4.69, 9.17) is 0 Å². The SMILES string of the molecule is CC.CCc1ccc(-c2sc(-c3ccc(C(C)C)s3)cc2Br)s1. The molecule has 0 aromatic carbocycles. The third-order valence-corrected chi connectivity index (χ3v) is 8.37. The molecule has 0 bridgehead atoms. The number of hydrogen-bond donors (Lipinski definition) is 0. The lowest BCUT2D eigenvalue weighted by Crippen LogP contribution is -1.77. The van der Waals surface area contributed by atoms with E-state index in [0.29, 0.717) is 5.92 Å². The Morgan fingerprint density at radius 1 is 0.913 bits per heavy atom. The van der Waals surface area contributed by atoms with Crippen LogP contribution in [0.4, 0.5) is 0 Å². The van der Waals surface area contributed by atoms with Crippen molar-refractivity contribution in [1.82, 2.24) is 0 Å². The van der Waals surface area contributed by atoms with Crippen LogP contribution in [0.25, 0.3) is 19.5 Å². The second-order valence-corrected chi connectivity index (χ2v) is 9.45. The summed E-state index contributed by atoms with van der Waals surface area (Å²) in [5, 5.41) is 0. The first-order valence-electron chi connectivity index (χ1n) is 8.07. The maximum atomic E-state index is 3.74. The monoisotopic (exact) mass is 426 g/mol. The molecule has 0 nitrogen and oxygen atoms in total. The Morgan fingerprint density at radius 3 is 2.17 bits per heavy atom. The topological polar surface area (TPSA) is 0 Å². The minimum Gasteiger partial charge on any atom is -0.139 e. The van der Waals surface area contributed by atoms with E-state index in [1.807, 2.05) is 47.9 Å². The summed E-state index contributed by atoms with van der Waals surface area (Å²) >= 11 is 9.44. The number of halogens is 1. The van der Waals surface area contributed by atoms with Crippen molar-refractivity contribution < 1.29 is 0 Å². The zero-order chi connectivity index (χ0) is 17.0. The first-order valence-corrected chi connectivity index (χ1v) is 11.3. The Bertz CT molecular complexity index is 746. The van der Waals surface area contributed by atoms with Crippen LogP contribution in [0.5, 0.6) is 0 Å². The van der Waals surface area contributed by atoms with Crippen molar-refractivity contribution in [3.63, 3.8) is 0 Å². The van der Waals surface area contributed by atoms with Gasteiger partial charge in [0, 0.05) is 28.9 Å². The Kier molecular flexibility index (Phi) is 7.08. The highest BCUT2D eigenvalue weighted by atomic mass is 79.9. The predicted molar refractivity (Wildman–Crippen MR) is 113 cm³/mol. The number of thiophene rings is 3. The molecule has 0 radical (unpaired) electrons. The van der Waals surface area contributed by atoms with Gasteiger partial charge >= 0.3 is 0 Å². The van der Waals surface area contributed by atoms with E-state index < -0.39 is 0 Å². The first-order chi connectivity index (χ1) is 11.1. The van der Waals surface area contributed by atoms with Gasteiger partial charge in [0.15, 0.2) is 0 Å². The van der Waals surface area contributed by atoms with E-state index in [1.165, 1.54) is 33.7 Å². The van der Waals surface area contributed by atoms with Crippen molar-refractivity contribution in [1.29, 1.82) is 0 Å². The van der Waals surface area contributed by atoms with Gasteiger partial charge in [-0.05, 0) is 58.6 Å². The van der Waals surface area contributed by atoms with Crippen molar-refractivity contribution in [3.8, 4) is 19.5 Å². The zero-order valence-electron chi connectivity index (χ0n) is 14.3. The van der Waals surface area contributed by atoms with Crippen LogP contribution in [0.2, 0.25) is 0 Å². The van der Waals surface area contributed by atoms with E-state index in [-0.39, 0.29) is 0 Å². The van der Waals surface area contributed by atoms with Gasteiger partial charge in [-0.2, -0.15) is 0 Å². The molecule has 3 rings (SSSR count). The fraction of sp³-hybridized carbons (Fsp3) is 0.368. The molecule has 23 heavy (non-hydrogen) atoms. The molecule has 0 saturated heterocycles. The van der Waals surface area contributed by atoms with Crippen molar-refractivity contribution in [2.24, 2.45) is 0 Å². The highest BCUT2D eigenvalue weighted by molar-refractivity contribution is 9.10. The van der Waals surface area contributed by atoms with E-state index >= 15 is 0 Å². The molecule has 3 aromatic rings. The van der Waals surface area contributed by atoms with Gasteiger partial charge in [-0.1, -0.05) is 34.6 Å². The lowest BCUT2D eigenvalue weighted by atomic mass is 10.2. The maximum absolute atomic E-state index is 3.74. The third kappa shape index (κ3) is 4.36. The second-order valence-electron chi connectivity index (χ2n) is 5.26. The van der Waals surface area contributed by atoms with E-state index in [1.54, 1.807) is 0 Å². The molecule has 3 heterocycles. The summed E-state index contributed by atoms with van der Waals surface area (Å²) in [5.74, 6) is 0.607. The smallest absolute Gasteiger partial charge is 0.0591 e. The molecule has 0 unspecified atom stereocenters. The lowest BCUT2D eigenvalue weighted by molar-refractivity contribution is 0.890. The van der Waals surface area contributed by atoms with Crippen LogP contribution in [-0.2, 0) is 6.42 Å². The molecule has 3 aromatic heterocycles. The van der Waals surface area contributed by atoms with Gasteiger partial charge in [0.05, 0.1) is 4.88 Å². The van der Waals surface area contributed by atoms with Gasteiger partial charge in [-0.15, -0.1) is 34.0 Å². The van der Waals surface area contributed by atoms with E-state index in [0.717, 1.165) is 6.42 Å². The van der Waals surface area contributed by atoms with Crippen molar-refractivity contribution in [2.45, 2.75) is 47.0 Å². The Hall–Kier alpha value is -0.420. The van der Waals surface area contributed by atoms with Crippen LogP contribution in [0.15, 0.2) is 34.8 Å². The summed E-state index contributed by atoms with van der Waals surface area (Å²) in [6.45, 7) is 10.7. The Labute approximate surface area is 160 Å². The average molecular weight is 427 g/mol. The molecule has 0 fully saturated rings. The van der Waals surface area contributed by atoms with Gasteiger partial charge in [-0.3, -0.25) is 0 Å². The fourth-order valence-corrected chi connectivity index (χ4v) is 6.33. The summed E-state index contributed by atoms with van der Waals surface area (Å²) < 4.78 is 1.21. The number of rotatable bonds is 4. The predicted octanol–water partition coefficient (Wildman–Crippen LogP) is 8.68. The van der Waals surface area contributed by atoms with Crippen LogP contribution < -0.4 is 0 Å². The summed E-state index contributed by atoms with van der Waals surface area (Å²) in [4.78, 5) is 8.37. The van der Waals surface area contributed by atoms with Gasteiger partial charge in [0.25, 0.3) is 0 Å². The molecule has 0 spiro atoms. The van der Waals surface area contributed by atoms with Gasteiger partial charge < -0.3 is 0 Å². The zero-order valence-corrected chi connectivity index (χ0v) is 18.3. The average Bonchev–Trinajstić information content (AvgIpc) is 3.27. The van der Waals surface area contributed by atoms with E-state index in [9.17, 15) is 0 Å². The largest absolute Gasteiger partial charge is 0.139 e. The minimum atomic E-state index is 0.607. The van der Waals surface area contributed by atoms with Crippen molar-refractivity contribution in [3.05, 3.63) is 44.6 Å². The summed E-state index contributed by atoms with van der Waals surface area (Å²) in [6.07, 6.45) is 1.11. The molecular formula is C19H23BrS3. The highest BCUT2D eigenvalue weighted by Crippen LogP contribution is 2.45. The van der Waals surface area contributed by atoms with Crippen LogP contribution in [0.1, 0.15) is 50.3 Å². The first kappa shape index (κ1) is 18.9. The minimum absolute atomic E-state index is 0.607. The molecule has 0 amide bonds. The third-order valence-electron chi connectivity index (χ3n) is 3.36. The molecule has 0 aliphatic carbocycles. The van der Waals surface area contributed by atoms with E-state index in [2.05, 4.69) is 67.0 Å². The maximum Gasteiger partial charge on any atom is 0.0591 e. The standard InChI is InChI=1S/C17H17BrS3.C2H6/c1-4-11-5-6-15(19-11)17-12(18)9-16(21-17)14-8-7-13(20-14)10(2)3;1-2/h5-10H,4H2,1-3H3;1-2H3. The van der Waals surface area contributed by atoms with Crippen LogP contribution in [0, 0.1) is 0 Å². The van der Waals surface area contributed by atoms with Crippen molar-refractivity contribution in [2.75, 3.05) is 0 Å². The summed E-state index contributed by atoms with van der Waals surface area (Å²) in [6, 6.07) is 11.3. The Balaban J connectivity index is 0.000000924. The normalized spacial score (nSPS) is 10.7. The molecule has 0 aliphatic rings. The lowest BCUT2D eigenvalue weighted by Gasteiger charge is -1.97. The summed E-state index contributed by atoms with van der Waals surface area (Å²) in [7, 11) is 0. The molecule has 4 heteroatoms. The highest BCUT2D eigenvalue weighted by Gasteiger charge is 2.14. The molecule has 0 N–H and O–H groups in total. The molecule has 0 aliphatic heterocycles. The van der Waals surface area contributed by atoms with Gasteiger partial charge in [-0.25, -0.2) is 0 Å².